The fourth-order valence-corrected chi connectivity index (χ4v) is 4.67. The monoisotopic (exact) mass is 244 g/mol. The predicted octanol–water partition coefficient (Wildman–Crippen LogP) is 2.28. The van der Waals surface area contributed by atoms with Crippen LogP contribution < -0.4 is 0 Å². The number of hydrogen-bond donors (Lipinski definition) is 2. The molecule has 2 rings (SSSR count). The van der Waals surface area contributed by atoms with Gasteiger partial charge >= 0.3 is 5.97 Å². The fraction of sp³-hybridized carbons (Fsp3) is 0.917. The number of aliphatic carboxylic acids is 1. The van der Waals surface area contributed by atoms with Crippen molar-refractivity contribution in [2.45, 2.75) is 55.8 Å². The normalized spacial score (nSPS) is 40.6. The van der Waals surface area contributed by atoms with Gasteiger partial charge < -0.3 is 10.2 Å². The van der Waals surface area contributed by atoms with Crippen LogP contribution in [0.2, 0.25) is 0 Å². The van der Waals surface area contributed by atoms with Crippen molar-refractivity contribution in [1.82, 2.24) is 0 Å². The summed E-state index contributed by atoms with van der Waals surface area (Å²) in [6, 6.07) is 0. The second-order valence-electron chi connectivity index (χ2n) is 4.96. The molecule has 4 heteroatoms. The van der Waals surface area contributed by atoms with Crippen molar-refractivity contribution in [1.29, 1.82) is 0 Å². The number of thioether (sulfide) groups is 1. The fourth-order valence-electron chi connectivity index (χ4n) is 3.11. The van der Waals surface area contributed by atoms with Crippen molar-refractivity contribution in [2.24, 2.45) is 5.92 Å². The molecule has 0 aromatic carbocycles. The van der Waals surface area contributed by atoms with Crippen LogP contribution in [0.25, 0.3) is 0 Å². The second-order valence-corrected chi connectivity index (χ2v) is 6.38. The Labute approximate surface area is 101 Å². The Bertz CT molecular complexity index is 261. The number of aliphatic hydroxyl groups is 1. The first kappa shape index (κ1) is 12.2. The van der Waals surface area contributed by atoms with Gasteiger partial charge in [0.05, 0.1) is 6.10 Å². The van der Waals surface area contributed by atoms with Crippen LogP contribution in [0.5, 0.6) is 0 Å². The van der Waals surface area contributed by atoms with Crippen LogP contribution in [0, 0.1) is 5.92 Å². The first-order valence-corrected chi connectivity index (χ1v) is 7.21. The predicted molar refractivity (Wildman–Crippen MR) is 64.6 cm³/mol. The summed E-state index contributed by atoms with van der Waals surface area (Å²) in [7, 11) is 0. The molecule has 1 saturated heterocycles. The minimum Gasteiger partial charge on any atom is -0.480 e. The minimum atomic E-state index is -0.707. The maximum absolute atomic E-state index is 11.5. The van der Waals surface area contributed by atoms with Crippen LogP contribution in [0.1, 0.15) is 44.9 Å². The highest BCUT2D eigenvalue weighted by molar-refractivity contribution is 8.01. The van der Waals surface area contributed by atoms with E-state index in [0.29, 0.717) is 0 Å². The largest absolute Gasteiger partial charge is 0.480 e. The van der Waals surface area contributed by atoms with E-state index in [2.05, 4.69) is 0 Å². The summed E-state index contributed by atoms with van der Waals surface area (Å²) in [6.45, 7) is 0. The third kappa shape index (κ3) is 2.09. The van der Waals surface area contributed by atoms with Gasteiger partial charge in [-0.2, -0.15) is 0 Å². The number of hydrogen-bond acceptors (Lipinski definition) is 3. The van der Waals surface area contributed by atoms with Gasteiger partial charge in [-0.05, 0) is 31.4 Å². The first-order valence-electron chi connectivity index (χ1n) is 6.22. The topological polar surface area (TPSA) is 57.5 Å². The molecule has 0 radical (unpaired) electrons. The maximum atomic E-state index is 11.5. The van der Waals surface area contributed by atoms with Crippen LogP contribution in [-0.2, 0) is 4.79 Å². The molecule has 0 amide bonds. The summed E-state index contributed by atoms with van der Waals surface area (Å²) in [5, 5.41) is 19.6. The Morgan fingerprint density at radius 1 is 1.19 bits per heavy atom. The molecule has 0 aromatic rings. The molecule has 1 aliphatic carbocycles. The Hall–Kier alpha value is -0.220. The lowest BCUT2D eigenvalue weighted by atomic mass is 9.81. The van der Waals surface area contributed by atoms with Gasteiger partial charge in [0, 0.05) is 5.92 Å². The molecular formula is C12H20O3S. The third-order valence-corrected chi connectivity index (χ3v) is 5.68. The van der Waals surface area contributed by atoms with Gasteiger partial charge in [-0.15, -0.1) is 11.8 Å². The maximum Gasteiger partial charge on any atom is 0.320 e. The minimum absolute atomic E-state index is 0.0417. The van der Waals surface area contributed by atoms with Gasteiger partial charge in [0.15, 0.2) is 0 Å². The van der Waals surface area contributed by atoms with Gasteiger partial charge in [-0.25, -0.2) is 0 Å². The van der Waals surface area contributed by atoms with Crippen LogP contribution in [0.15, 0.2) is 0 Å². The quantitative estimate of drug-likeness (QED) is 0.732. The smallest absolute Gasteiger partial charge is 0.320 e. The first-order chi connectivity index (χ1) is 7.67. The number of aliphatic hydroxyl groups excluding tert-OH is 1. The Balaban J connectivity index is 2.20. The van der Waals surface area contributed by atoms with Gasteiger partial charge in [0.2, 0.25) is 0 Å². The Morgan fingerprint density at radius 3 is 2.56 bits per heavy atom. The van der Waals surface area contributed by atoms with Crippen molar-refractivity contribution in [3.63, 3.8) is 0 Å². The molecule has 1 aliphatic heterocycles. The van der Waals surface area contributed by atoms with Crippen molar-refractivity contribution in [2.75, 3.05) is 5.75 Å². The number of carbonyl (C=O) groups is 1. The van der Waals surface area contributed by atoms with Gasteiger partial charge in [-0.1, -0.05) is 19.3 Å². The van der Waals surface area contributed by atoms with E-state index in [1.807, 2.05) is 0 Å². The highest BCUT2D eigenvalue weighted by Gasteiger charge is 2.51. The van der Waals surface area contributed by atoms with E-state index < -0.39 is 16.8 Å². The zero-order valence-corrected chi connectivity index (χ0v) is 10.3. The SMILES string of the molecule is O=C(O)C1(C2CCCCCC2O)CCCS1. The molecule has 92 valence electrons. The standard InChI is InChI=1S/C12H20O3S/c13-10-6-3-1-2-5-9(10)12(11(14)15)7-4-8-16-12/h9-10,13H,1-8H2,(H,14,15). The van der Waals surface area contributed by atoms with Crippen LogP contribution >= 0.6 is 11.8 Å². The van der Waals surface area contributed by atoms with Crippen LogP contribution in [0.4, 0.5) is 0 Å². The summed E-state index contributed by atoms with van der Waals surface area (Å²) in [4.78, 5) is 11.5. The van der Waals surface area contributed by atoms with Crippen molar-refractivity contribution >= 4 is 17.7 Å². The van der Waals surface area contributed by atoms with E-state index in [0.717, 1.165) is 50.7 Å². The molecule has 3 atom stereocenters. The number of carboxylic acid groups (broad SMARTS) is 1. The molecule has 0 spiro atoms. The highest BCUT2D eigenvalue weighted by atomic mass is 32.2. The van der Waals surface area contributed by atoms with E-state index in [1.54, 1.807) is 11.8 Å². The summed E-state index contributed by atoms with van der Waals surface area (Å²) in [5.41, 5.74) is 0. The molecular weight excluding hydrogens is 224 g/mol. The van der Waals surface area contributed by atoms with Gasteiger partial charge in [0.1, 0.15) is 4.75 Å². The average Bonchev–Trinajstić information content (AvgIpc) is 2.64. The molecule has 0 aromatic heterocycles. The lowest BCUT2D eigenvalue weighted by molar-refractivity contribution is -0.143. The average molecular weight is 244 g/mol. The zero-order chi connectivity index (χ0) is 11.6. The van der Waals surface area contributed by atoms with Crippen molar-refractivity contribution in [3.8, 4) is 0 Å². The Morgan fingerprint density at radius 2 is 1.94 bits per heavy atom. The van der Waals surface area contributed by atoms with Crippen molar-refractivity contribution < 1.29 is 15.0 Å². The van der Waals surface area contributed by atoms with E-state index in [4.69, 9.17) is 0 Å². The van der Waals surface area contributed by atoms with E-state index in [9.17, 15) is 15.0 Å². The molecule has 16 heavy (non-hydrogen) atoms. The van der Waals surface area contributed by atoms with Gasteiger partial charge in [0.25, 0.3) is 0 Å². The van der Waals surface area contributed by atoms with Crippen LogP contribution in [-0.4, -0.2) is 32.8 Å². The molecule has 3 unspecified atom stereocenters. The molecule has 2 fully saturated rings. The number of carboxylic acids is 1. The zero-order valence-electron chi connectivity index (χ0n) is 9.52. The van der Waals surface area contributed by atoms with E-state index >= 15 is 0 Å². The highest BCUT2D eigenvalue weighted by Crippen LogP contribution is 2.48. The van der Waals surface area contributed by atoms with E-state index in [-0.39, 0.29) is 5.92 Å². The summed E-state index contributed by atoms with van der Waals surface area (Å²) >= 11 is 1.56. The lowest BCUT2D eigenvalue weighted by Gasteiger charge is -2.35. The van der Waals surface area contributed by atoms with E-state index in [1.165, 1.54) is 0 Å². The summed E-state index contributed by atoms with van der Waals surface area (Å²) < 4.78 is -0.691. The molecule has 3 nitrogen and oxygen atoms in total. The molecule has 1 saturated carbocycles. The molecule has 2 aliphatic rings. The van der Waals surface area contributed by atoms with Crippen LogP contribution in [0.3, 0.4) is 0 Å². The Kier molecular flexibility index (Phi) is 3.80. The lowest BCUT2D eigenvalue weighted by Crippen LogP contribution is -2.45. The molecule has 2 N–H and O–H groups in total. The number of rotatable bonds is 2. The molecule has 1 heterocycles. The van der Waals surface area contributed by atoms with Gasteiger partial charge in [-0.3, -0.25) is 4.79 Å². The molecule has 0 bridgehead atoms. The summed E-state index contributed by atoms with van der Waals surface area (Å²) in [5.74, 6) is 0.177. The second kappa shape index (κ2) is 4.96. The summed E-state index contributed by atoms with van der Waals surface area (Å²) in [6.07, 6.45) is 6.18. The third-order valence-electron chi connectivity index (χ3n) is 3.99. The van der Waals surface area contributed by atoms with Crippen molar-refractivity contribution in [3.05, 3.63) is 0 Å².